The maximum atomic E-state index is 5.24. The predicted octanol–water partition coefficient (Wildman–Crippen LogP) is 1.91. The van der Waals surface area contributed by atoms with E-state index in [9.17, 15) is 0 Å². The Kier molecular flexibility index (Phi) is 4.50. The fourth-order valence-corrected chi connectivity index (χ4v) is 1.01. The highest BCUT2D eigenvalue weighted by molar-refractivity contribution is 7.80. The van der Waals surface area contributed by atoms with Gasteiger partial charge in [-0.25, -0.2) is 0 Å². The third-order valence-electron chi connectivity index (χ3n) is 1.66. The van der Waals surface area contributed by atoms with Crippen LogP contribution in [0.5, 0.6) is 0 Å². The molecule has 0 saturated heterocycles. The van der Waals surface area contributed by atoms with Gasteiger partial charge in [0.2, 0.25) is 0 Å². The molecule has 15 heavy (non-hydrogen) atoms. The zero-order valence-electron chi connectivity index (χ0n) is 8.47. The monoisotopic (exact) mass is 219 g/mol. The van der Waals surface area contributed by atoms with Gasteiger partial charge in [0.05, 0.1) is 5.71 Å². The Morgan fingerprint density at radius 1 is 1.40 bits per heavy atom. The average Bonchev–Trinajstić information content (AvgIpc) is 2.25. The van der Waals surface area contributed by atoms with Crippen LogP contribution in [-0.4, -0.2) is 10.8 Å². The summed E-state index contributed by atoms with van der Waals surface area (Å²) in [6.45, 7) is 1.87. The molecule has 0 aliphatic heterocycles. The molecule has 4 heteroatoms. The van der Waals surface area contributed by atoms with Crippen LogP contribution in [0.2, 0.25) is 0 Å². The summed E-state index contributed by atoms with van der Waals surface area (Å²) in [5.74, 6) is 0. The maximum Gasteiger partial charge on any atom is 0.184 e. The lowest BCUT2D eigenvalue weighted by atomic mass is 10.2. The highest BCUT2D eigenvalue weighted by Gasteiger charge is 1.86. The molecular weight excluding hydrogens is 206 g/mol. The number of hydrogen-bond donors (Lipinski definition) is 2. The fourth-order valence-electron chi connectivity index (χ4n) is 0.962. The number of thiocarbonyl (C=S) groups is 1. The summed E-state index contributed by atoms with van der Waals surface area (Å²) < 4.78 is 0. The minimum absolute atomic E-state index is 0.169. The van der Waals surface area contributed by atoms with Crippen LogP contribution >= 0.6 is 12.2 Å². The van der Waals surface area contributed by atoms with Crippen LogP contribution in [-0.2, 0) is 0 Å². The van der Waals surface area contributed by atoms with E-state index in [0.29, 0.717) is 0 Å². The molecule has 3 nitrogen and oxygen atoms in total. The van der Waals surface area contributed by atoms with Gasteiger partial charge >= 0.3 is 0 Å². The summed E-state index contributed by atoms with van der Waals surface area (Å²) in [5, 5.41) is 4.12. The highest BCUT2D eigenvalue weighted by Crippen LogP contribution is 2.00. The van der Waals surface area contributed by atoms with Gasteiger partial charge in [-0.1, -0.05) is 36.4 Å². The van der Waals surface area contributed by atoms with Crippen molar-refractivity contribution in [2.24, 2.45) is 10.8 Å². The molecule has 1 aromatic rings. The molecule has 0 bridgehead atoms. The molecule has 0 aromatic heterocycles. The molecule has 0 unspecified atom stereocenters. The third-order valence-corrected chi connectivity index (χ3v) is 1.75. The van der Waals surface area contributed by atoms with Crippen molar-refractivity contribution in [3.05, 3.63) is 42.0 Å². The van der Waals surface area contributed by atoms with E-state index in [-0.39, 0.29) is 5.11 Å². The minimum atomic E-state index is 0.169. The minimum Gasteiger partial charge on any atom is -0.375 e. The van der Waals surface area contributed by atoms with Gasteiger partial charge in [0.15, 0.2) is 5.11 Å². The van der Waals surface area contributed by atoms with Gasteiger partial charge in [0, 0.05) is 0 Å². The molecule has 0 saturated carbocycles. The Bertz CT molecular complexity index is 382. The molecule has 1 aromatic carbocycles. The van der Waals surface area contributed by atoms with Gasteiger partial charge in [-0.2, -0.15) is 5.10 Å². The van der Waals surface area contributed by atoms with E-state index >= 15 is 0 Å². The Balaban J connectivity index is 2.58. The molecule has 1 rings (SSSR count). The zero-order chi connectivity index (χ0) is 11.1. The molecule has 0 aliphatic carbocycles. The average molecular weight is 219 g/mol. The van der Waals surface area contributed by atoms with Gasteiger partial charge in [-0.3, -0.25) is 5.43 Å². The number of rotatable bonds is 3. The van der Waals surface area contributed by atoms with E-state index in [1.165, 1.54) is 0 Å². The zero-order valence-corrected chi connectivity index (χ0v) is 9.29. The molecular formula is C11H13N3S. The van der Waals surface area contributed by atoms with Gasteiger partial charge in [0.25, 0.3) is 0 Å². The first-order chi connectivity index (χ1) is 7.18. The second kappa shape index (κ2) is 5.93. The number of nitrogens with one attached hydrogen (secondary N) is 1. The second-order valence-electron chi connectivity index (χ2n) is 2.97. The number of nitrogens with two attached hydrogens (primary N) is 1. The molecule has 0 heterocycles. The number of hydrogen-bond acceptors (Lipinski definition) is 2. The van der Waals surface area contributed by atoms with E-state index in [4.69, 9.17) is 5.73 Å². The smallest absolute Gasteiger partial charge is 0.184 e. The van der Waals surface area contributed by atoms with Crippen LogP contribution in [0.4, 0.5) is 0 Å². The lowest BCUT2D eigenvalue weighted by molar-refractivity contribution is 1.03. The van der Waals surface area contributed by atoms with E-state index < -0.39 is 0 Å². The van der Waals surface area contributed by atoms with Crippen molar-refractivity contribution in [1.29, 1.82) is 0 Å². The molecule has 0 spiro atoms. The van der Waals surface area contributed by atoms with E-state index in [1.807, 2.05) is 49.4 Å². The highest BCUT2D eigenvalue weighted by atomic mass is 32.1. The van der Waals surface area contributed by atoms with Crippen molar-refractivity contribution in [1.82, 2.24) is 5.43 Å². The van der Waals surface area contributed by atoms with Crippen molar-refractivity contribution in [2.45, 2.75) is 6.92 Å². The van der Waals surface area contributed by atoms with Crippen LogP contribution in [0.15, 0.2) is 41.5 Å². The second-order valence-corrected chi connectivity index (χ2v) is 3.41. The first-order valence-corrected chi connectivity index (χ1v) is 4.92. The summed E-state index contributed by atoms with van der Waals surface area (Å²) in [7, 11) is 0. The molecule has 0 fully saturated rings. The Labute approximate surface area is 94.7 Å². The van der Waals surface area contributed by atoms with Gasteiger partial charge in [-0.05, 0) is 30.8 Å². The van der Waals surface area contributed by atoms with E-state index in [2.05, 4.69) is 22.7 Å². The topological polar surface area (TPSA) is 50.4 Å². The predicted molar refractivity (Wildman–Crippen MR) is 68.5 cm³/mol. The summed E-state index contributed by atoms with van der Waals surface area (Å²) in [5.41, 5.74) is 9.70. The summed E-state index contributed by atoms with van der Waals surface area (Å²) in [6.07, 6.45) is 3.86. The molecule has 78 valence electrons. The van der Waals surface area contributed by atoms with Crippen molar-refractivity contribution in [2.75, 3.05) is 0 Å². The molecule has 0 amide bonds. The summed E-state index contributed by atoms with van der Waals surface area (Å²) in [4.78, 5) is 0. The Hall–Kier alpha value is -1.68. The lowest BCUT2D eigenvalue weighted by Crippen LogP contribution is -2.24. The van der Waals surface area contributed by atoms with Crippen molar-refractivity contribution < 1.29 is 0 Å². The maximum absolute atomic E-state index is 5.24. The molecule has 0 radical (unpaired) electrons. The fraction of sp³-hybridized carbons (Fsp3) is 0.0909. The molecule has 0 atom stereocenters. The number of hydrazone groups is 1. The number of allylic oxidation sites excluding steroid dienone is 1. The van der Waals surface area contributed by atoms with Crippen molar-refractivity contribution in [3.8, 4) is 0 Å². The standard InChI is InChI=1S/C11H13N3S/c1-9(13-14-11(12)15)7-8-10-5-3-2-4-6-10/h2-8H,1H3,(H3,12,14,15)/b8-7+,13-9+. The van der Waals surface area contributed by atoms with E-state index in [0.717, 1.165) is 11.3 Å². The van der Waals surface area contributed by atoms with Gasteiger partial charge in [0.1, 0.15) is 0 Å². The van der Waals surface area contributed by atoms with Crippen LogP contribution in [0.3, 0.4) is 0 Å². The Morgan fingerprint density at radius 3 is 2.67 bits per heavy atom. The number of benzene rings is 1. The van der Waals surface area contributed by atoms with Crippen molar-refractivity contribution >= 4 is 29.1 Å². The van der Waals surface area contributed by atoms with Crippen LogP contribution in [0.1, 0.15) is 12.5 Å². The SMILES string of the molecule is CC(/C=C/c1ccccc1)=N\NC(N)=S. The third kappa shape index (κ3) is 4.93. The Morgan fingerprint density at radius 2 is 2.07 bits per heavy atom. The van der Waals surface area contributed by atoms with Gasteiger partial charge in [-0.15, -0.1) is 0 Å². The van der Waals surface area contributed by atoms with Gasteiger partial charge < -0.3 is 5.73 Å². The first kappa shape index (κ1) is 11.4. The summed E-state index contributed by atoms with van der Waals surface area (Å²) >= 11 is 4.63. The summed E-state index contributed by atoms with van der Waals surface area (Å²) in [6, 6.07) is 9.99. The quantitative estimate of drug-likeness (QED) is 0.464. The van der Waals surface area contributed by atoms with Crippen LogP contribution in [0.25, 0.3) is 6.08 Å². The first-order valence-electron chi connectivity index (χ1n) is 4.51. The lowest BCUT2D eigenvalue weighted by Gasteiger charge is -1.96. The largest absolute Gasteiger partial charge is 0.375 e. The normalized spacial score (nSPS) is 11.7. The molecule has 3 N–H and O–H groups in total. The van der Waals surface area contributed by atoms with Crippen molar-refractivity contribution in [3.63, 3.8) is 0 Å². The molecule has 0 aliphatic rings. The van der Waals surface area contributed by atoms with E-state index in [1.54, 1.807) is 0 Å². The van der Waals surface area contributed by atoms with Crippen LogP contribution < -0.4 is 11.2 Å². The number of nitrogens with zero attached hydrogens (tertiary/aromatic N) is 1. The van der Waals surface area contributed by atoms with Crippen LogP contribution in [0, 0.1) is 0 Å².